The summed E-state index contributed by atoms with van der Waals surface area (Å²) in [5.74, 6) is 0.713. The zero-order valence-corrected chi connectivity index (χ0v) is 12.2. The molecule has 0 radical (unpaired) electrons. The fraction of sp³-hybridized carbons (Fsp3) is 0.333. The Morgan fingerprint density at radius 1 is 1.50 bits per heavy atom. The lowest BCUT2D eigenvalue weighted by molar-refractivity contribution is 0.0731. The van der Waals surface area contributed by atoms with Gasteiger partial charge in [-0.2, -0.15) is 11.3 Å². The maximum absolute atomic E-state index is 12.8. The lowest BCUT2D eigenvalue weighted by atomic mass is 10.2. The molecule has 0 atom stereocenters. The van der Waals surface area contributed by atoms with E-state index in [1.165, 1.54) is 5.56 Å². The zero-order valence-electron chi connectivity index (χ0n) is 11.4. The van der Waals surface area contributed by atoms with Gasteiger partial charge < -0.3 is 10.2 Å². The molecule has 0 unspecified atom stereocenters. The van der Waals surface area contributed by atoms with Crippen molar-refractivity contribution in [2.45, 2.75) is 25.4 Å². The number of aromatic nitrogens is 1. The van der Waals surface area contributed by atoms with Gasteiger partial charge in [-0.25, -0.2) is 4.98 Å². The Bertz CT molecular complexity index is 593. The number of thiophene rings is 1. The van der Waals surface area contributed by atoms with Gasteiger partial charge in [0.05, 0.1) is 5.56 Å². The molecule has 0 saturated heterocycles. The summed E-state index contributed by atoms with van der Waals surface area (Å²) in [4.78, 5) is 19.0. The lowest BCUT2D eigenvalue weighted by Crippen LogP contribution is -2.33. The summed E-state index contributed by atoms with van der Waals surface area (Å²) >= 11 is 1.67. The van der Waals surface area contributed by atoms with Crippen LogP contribution in [0.1, 0.15) is 28.8 Å². The van der Waals surface area contributed by atoms with Crippen molar-refractivity contribution >= 4 is 23.1 Å². The number of rotatable bonds is 5. The second-order valence-electron chi connectivity index (χ2n) is 4.95. The average Bonchev–Trinajstić information content (AvgIpc) is 3.20. The molecular formula is C15H17N3OS. The standard InChI is InChI=1S/C15H17N3OS/c1-16-14-13(3-2-7-17-14)15(19)18(12-4-5-12)9-11-6-8-20-10-11/h2-3,6-8,10,12H,4-5,9H2,1H3,(H,16,17). The van der Waals surface area contributed by atoms with Gasteiger partial charge in [-0.15, -0.1) is 0 Å². The van der Waals surface area contributed by atoms with Crippen LogP contribution in [-0.4, -0.2) is 28.9 Å². The normalized spacial score (nSPS) is 14.1. The zero-order chi connectivity index (χ0) is 13.9. The lowest BCUT2D eigenvalue weighted by Gasteiger charge is -2.23. The third kappa shape index (κ3) is 2.67. The topological polar surface area (TPSA) is 45.2 Å². The van der Waals surface area contributed by atoms with E-state index >= 15 is 0 Å². The second kappa shape index (κ2) is 5.63. The minimum Gasteiger partial charge on any atom is -0.372 e. The summed E-state index contributed by atoms with van der Waals surface area (Å²) < 4.78 is 0. The van der Waals surface area contributed by atoms with Crippen molar-refractivity contribution < 1.29 is 4.79 Å². The van der Waals surface area contributed by atoms with E-state index in [1.807, 2.05) is 22.4 Å². The molecule has 1 aliphatic carbocycles. The van der Waals surface area contributed by atoms with Crippen molar-refractivity contribution in [3.8, 4) is 0 Å². The maximum Gasteiger partial charge on any atom is 0.258 e. The molecule has 0 spiro atoms. The van der Waals surface area contributed by atoms with Gasteiger partial charge in [0.2, 0.25) is 0 Å². The molecule has 20 heavy (non-hydrogen) atoms. The highest BCUT2D eigenvalue weighted by atomic mass is 32.1. The van der Waals surface area contributed by atoms with Crippen LogP contribution >= 0.6 is 11.3 Å². The molecule has 1 saturated carbocycles. The van der Waals surface area contributed by atoms with Crippen molar-refractivity contribution in [1.82, 2.24) is 9.88 Å². The van der Waals surface area contributed by atoms with Crippen LogP contribution in [0, 0.1) is 0 Å². The number of nitrogens with one attached hydrogen (secondary N) is 1. The van der Waals surface area contributed by atoms with Crippen molar-refractivity contribution in [3.05, 3.63) is 46.3 Å². The summed E-state index contributed by atoms with van der Waals surface area (Å²) in [6, 6.07) is 6.11. The van der Waals surface area contributed by atoms with Gasteiger partial charge in [-0.05, 0) is 47.4 Å². The molecule has 2 aromatic rings. The maximum atomic E-state index is 12.8. The predicted octanol–water partition coefficient (Wildman–Crippen LogP) is 2.99. The van der Waals surface area contributed by atoms with Gasteiger partial charge in [0, 0.05) is 25.8 Å². The third-order valence-electron chi connectivity index (χ3n) is 3.46. The average molecular weight is 287 g/mol. The van der Waals surface area contributed by atoms with Crippen molar-refractivity contribution in [1.29, 1.82) is 0 Å². The van der Waals surface area contributed by atoms with Gasteiger partial charge in [0.1, 0.15) is 5.82 Å². The van der Waals surface area contributed by atoms with E-state index in [4.69, 9.17) is 0 Å². The van der Waals surface area contributed by atoms with E-state index in [0.717, 1.165) is 12.8 Å². The Kier molecular flexibility index (Phi) is 3.69. The molecule has 104 valence electrons. The SMILES string of the molecule is CNc1ncccc1C(=O)N(Cc1ccsc1)C1CC1. The largest absolute Gasteiger partial charge is 0.372 e. The number of carbonyl (C=O) groups excluding carboxylic acids is 1. The quantitative estimate of drug-likeness (QED) is 0.919. The number of hydrogen-bond donors (Lipinski definition) is 1. The molecule has 0 bridgehead atoms. The van der Waals surface area contributed by atoms with Crippen molar-refractivity contribution in [2.75, 3.05) is 12.4 Å². The van der Waals surface area contributed by atoms with Crippen LogP contribution in [0.3, 0.4) is 0 Å². The Morgan fingerprint density at radius 2 is 2.35 bits per heavy atom. The molecule has 2 aromatic heterocycles. The highest BCUT2D eigenvalue weighted by Crippen LogP contribution is 2.31. The summed E-state index contributed by atoms with van der Waals surface area (Å²) in [6.45, 7) is 0.686. The molecule has 0 aliphatic heterocycles. The van der Waals surface area contributed by atoms with Crippen LogP contribution < -0.4 is 5.32 Å². The minimum atomic E-state index is 0.0659. The van der Waals surface area contributed by atoms with E-state index in [0.29, 0.717) is 24.0 Å². The van der Waals surface area contributed by atoms with Crippen LogP contribution in [0.5, 0.6) is 0 Å². The highest BCUT2D eigenvalue weighted by Gasteiger charge is 2.34. The van der Waals surface area contributed by atoms with E-state index in [9.17, 15) is 4.79 Å². The Morgan fingerprint density at radius 3 is 3.00 bits per heavy atom. The molecule has 4 nitrogen and oxygen atoms in total. The van der Waals surface area contributed by atoms with E-state index in [2.05, 4.69) is 21.7 Å². The number of nitrogens with zero attached hydrogens (tertiary/aromatic N) is 2. The summed E-state index contributed by atoms with van der Waals surface area (Å²) in [7, 11) is 1.79. The fourth-order valence-corrected chi connectivity index (χ4v) is 2.92. The van der Waals surface area contributed by atoms with Gasteiger partial charge in [-0.1, -0.05) is 0 Å². The number of amides is 1. The van der Waals surface area contributed by atoms with Crippen LogP contribution in [0.4, 0.5) is 5.82 Å². The molecule has 1 aliphatic rings. The van der Waals surface area contributed by atoms with E-state index in [-0.39, 0.29) is 5.91 Å². The van der Waals surface area contributed by atoms with Gasteiger partial charge in [0.25, 0.3) is 5.91 Å². The number of pyridine rings is 1. The molecule has 1 amide bonds. The smallest absolute Gasteiger partial charge is 0.258 e. The molecule has 3 rings (SSSR count). The first kappa shape index (κ1) is 13.1. The summed E-state index contributed by atoms with van der Waals surface area (Å²) in [5, 5.41) is 7.14. The van der Waals surface area contributed by atoms with Crippen LogP contribution in [-0.2, 0) is 6.54 Å². The molecule has 5 heteroatoms. The van der Waals surface area contributed by atoms with E-state index < -0.39 is 0 Å². The highest BCUT2D eigenvalue weighted by molar-refractivity contribution is 7.07. The Balaban J connectivity index is 1.85. The van der Waals surface area contributed by atoms with Crippen molar-refractivity contribution in [2.24, 2.45) is 0 Å². The van der Waals surface area contributed by atoms with Crippen LogP contribution in [0.15, 0.2) is 35.2 Å². The Labute approximate surface area is 122 Å². The molecule has 0 aromatic carbocycles. The first-order chi connectivity index (χ1) is 9.79. The molecule has 2 heterocycles. The minimum absolute atomic E-state index is 0.0659. The predicted molar refractivity (Wildman–Crippen MR) is 81.0 cm³/mol. The van der Waals surface area contributed by atoms with Crippen molar-refractivity contribution in [3.63, 3.8) is 0 Å². The number of hydrogen-bond acceptors (Lipinski definition) is 4. The third-order valence-corrected chi connectivity index (χ3v) is 4.19. The van der Waals surface area contributed by atoms with Gasteiger partial charge in [-0.3, -0.25) is 4.79 Å². The second-order valence-corrected chi connectivity index (χ2v) is 5.73. The fourth-order valence-electron chi connectivity index (χ4n) is 2.26. The first-order valence-electron chi connectivity index (χ1n) is 6.74. The van der Waals surface area contributed by atoms with Crippen LogP contribution in [0.25, 0.3) is 0 Å². The molecular weight excluding hydrogens is 270 g/mol. The Hall–Kier alpha value is -1.88. The first-order valence-corrected chi connectivity index (χ1v) is 7.68. The molecule has 1 fully saturated rings. The van der Waals surface area contributed by atoms with Gasteiger partial charge >= 0.3 is 0 Å². The summed E-state index contributed by atoms with van der Waals surface area (Å²) in [6.07, 6.45) is 3.90. The number of carbonyl (C=O) groups is 1. The summed E-state index contributed by atoms with van der Waals surface area (Å²) in [5.41, 5.74) is 1.85. The van der Waals surface area contributed by atoms with Gasteiger partial charge in [0.15, 0.2) is 0 Å². The van der Waals surface area contributed by atoms with Crippen LogP contribution in [0.2, 0.25) is 0 Å². The molecule has 1 N–H and O–H groups in total. The number of anilines is 1. The van der Waals surface area contributed by atoms with E-state index in [1.54, 1.807) is 24.6 Å². The monoisotopic (exact) mass is 287 g/mol.